The molecule has 0 saturated carbocycles. The highest BCUT2D eigenvalue weighted by atomic mass is 16.6. The summed E-state index contributed by atoms with van der Waals surface area (Å²) in [5, 5.41) is 5.88. The average Bonchev–Trinajstić information content (AvgIpc) is 2.84. The van der Waals surface area contributed by atoms with Crippen molar-refractivity contribution in [3.8, 4) is 0 Å². The van der Waals surface area contributed by atoms with Gasteiger partial charge < -0.3 is 20.3 Å². The molecule has 2 aromatic rings. The van der Waals surface area contributed by atoms with E-state index in [9.17, 15) is 14.4 Å². The van der Waals surface area contributed by atoms with Crippen molar-refractivity contribution in [2.45, 2.75) is 111 Å². The Kier molecular flexibility index (Phi) is 12.2. The van der Waals surface area contributed by atoms with Crippen molar-refractivity contribution in [3.05, 3.63) is 71.3 Å². The lowest BCUT2D eigenvalue weighted by atomic mass is 9.93. The number of alkyl carbamates (subject to hydrolysis) is 1. The van der Waals surface area contributed by atoms with Crippen LogP contribution in [0.4, 0.5) is 4.79 Å². The zero-order valence-corrected chi connectivity index (χ0v) is 25.8. The van der Waals surface area contributed by atoms with Crippen LogP contribution in [0.3, 0.4) is 0 Å². The van der Waals surface area contributed by atoms with Crippen LogP contribution < -0.4 is 10.6 Å². The van der Waals surface area contributed by atoms with E-state index in [1.165, 1.54) is 0 Å². The number of aryl methyl sites for hydroxylation is 1. The molecule has 3 atom stereocenters. The lowest BCUT2D eigenvalue weighted by Gasteiger charge is -2.39. The fraction of sp³-hybridized carbons (Fsp3) is 0.545. The predicted molar refractivity (Wildman–Crippen MR) is 161 cm³/mol. The molecule has 2 aromatic carbocycles. The zero-order chi connectivity index (χ0) is 30.0. The molecule has 220 valence electrons. The smallest absolute Gasteiger partial charge is 0.408 e. The number of rotatable bonds is 12. The molecule has 0 heterocycles. The van der Waals surface area contributed by atoms with E-state index in [-0.39, 0.29) is 30.3 Å². The monoisotopic (exact) mass is 551 g/mol. The second-order valence-corrected chi connectivity index (χ2v) is 12.4. The van der Waals surface area contributed by atoms with E-state index >= 15 is 0 Å². The number of ether oxygens (including phenoxy) is 1. The van der Waals surface area contributed by atoms with Crippen LogP contribution in [0.5, 0.6) is 0 Å². The first kappa shape index (κ1) is 32.9. The van der Waals surface area contributed by atoms with Gasteiger partial charge in [0.15, 0.2) is 0 Å². The second-order valence-electron chi connectivity index (χ2n) is 12.4. The summed E-state index contributed by atoms with van der Waals surface area (Å²) in [6.45, 7) is 17.4. The highest BCUT2D eigenvalue weighted by molar-refractivity contribution is 5.92. The molecule has 3 amide bonds. The lowest BCUT2D eigenvalue weighted by molar-refractivity contribution is -0.145. The first-order chi connectivity index (χ1) is 18.7. The maximum Gasteiger partial charge on any atom is 0.408 e. The standard InChI is InChI=1S/C33H49N3O4/c1-22(2)19-20-25(6)36(29(30(37)34-23(3)4)27-18-14-13-15-24(27)5)31(38)28(21-26-16-11-10-12-17-26)35-32(39)40-33(7,8)9/h10-18,22-23,25,28-29H,19-21H2,1-9H3,(H,34,37)(H,35,39). The van der Waals surface area contributed by atoms with Crippen molar-refractivity contribution >= 4 is 17.9 Å². The van der Waals surface area contributed by atoms with Crippen LogP contribution in [0, 0.1) is 12.8 Å². The summed E-state index contributed by atoms with van der Waals surface area (Å²) in [7, 11) is 0. The quantitative estimate of drug-likeness (QED) is 0.322. The van der Waals surface area contributed by atoms with Crippen LogP contribution >= 0.6 is 0 Å². The molecule has 0 bridgehead atoms. The van der Waals surface area contributed by atoms with Gasteiger partial charge in [0.1, 0.15) is 17.7 Å². The average molecular weight is 552 g/mol. The van der Waals surface area contributed by atoms with E-state index in [1.54, 1.807) is 25.7 Å². The van der Waals surface area contributed by atoms with Gasteiger partial charge in [-0.1, -0.05) is 68.4 Å². The maximum atomic E-state index is 14.6. The molecule has 7 heteroatoms. The van der Waals surface area contributed by atoms with Crippen LogP contribution in [-0.2, 0) is 20.7 Å². The van der Waals surface area contributed by atoms with Gasteiger partial charge in [-0.3, -0.25) is 9.59 Å². The van der Waals surface area contributed by atoms with E-state index in [0.717, 1.165) is 23.1 Å². The second kappa shape index (κ2) is 14.9. The molecule has 3 unspecified atom stereocenters. The Morgan fingerprint density at radius 3 is 2.00 bits per heavy atom. The van der Waals surface area contributed by atoms with Crippen LogP contribution in [0.25, 0.3) is 0 Å². The van der Waals surface area contributed by atoms with Gasteiger partial charge in [0.2, 0.25) is 11.8 Å². The van der Waals surface area contributed by atoms with Crippen molar-refractivity contribution in [1.29, 1.82) is 0 Å². The lowest BCUT2D eigenvalue weighted by Crippen LogP contribution is -2.56. The van der Waals surface area contributed by atoms with Crippen LogP contribution in [-0.4, -0.2) is 46.5 Å². The minimum atomic E-state index is -0.933. The minimum Gasteiger partial charge on any atom is -0.444 e. The fourth-order valence-electron chi connectivity index (χ4n) is 4.67. The van der Waals surface area contributed by atoms with E-state index < -0.39 is 23.8 Å². The summed E-state index contributed by atoms with van der Waals surface area (Å²) < 4.78 is 5.54. The summed E-state index contributed by atoms with van der Waals surface area (Å²) in [4.78, 5) is 43.1. The number of benzene rings is 2. The van der Waals surface area contributed by atoms with Crippen molar-refractivity contribution in [3.63, 3.8) is 0 Å². The van der Waals surface area contributed by atoms with Gasteiger partial charge in [-0.2, -0.15) is 0 Å². The summed E-state index contributed by atoms with van der Waals surface area (Å²) in [5.74, 6) is -0.135. The molecular weight excluding hydrogens is 502 g/mol. The van der Waals surface area contributed by atoms with Crippen LogP contribution in [0.2, 0.25) is 0 Å². The van der Waals surface area contributed by atoms with E-state index in [4.69, 9.17) is 4.74 Å². The Hall–Kier alpha value is -3.35. The Balaban J connectivity index is 2.64. The molecule has 2 rings (SSSR count). The highest BCUT2D eigenvalue weighted by Gasteiger charge is 2.39. The Bertz CT molecular complexity index is 1110. The summed E-state index contributed by atoms with van der Waals surface area (Å²) in [6, 6.07) is 15.1. The molecule has 7 nitrogen and oxygen atoms in total. The van der Waals surface area contributed by atoms with Gasteiger partial charge in [0.05, 0.1) is 0 Å². The minimum absolute atomic E-state index is 0.109. The first-order valence-electron chi connectivity index (χ1n) is 14.4. The van der Waals surface area contributed by atoms with Crippen molar-refractivity contribution in [2.24, 2.45) is 5.92 Å². The van der Waals surface area contributed by atoms with Gasteiger partial charge in [-0.05, 0) is 83.9 Å². The van der Waals surface area contributed by atoms with E-state index in [1.807, 2.05) is 82.3 Å². The Morgan fingerprint density at radius 2 is 1.45 bits per heavy atom. The van der Waals surface area contributed by atoms with Crippen molar-refractivity contribution in [2.75, 3.05) is 0 Å². The molecule has 2 N–H and O–H groups in total. The number of carbonyl (C=O) groups excluding carboxylic acids is 3. The molecule has 0 aliphatic heterocycles. The number of carbonyl (C=O) groups is 3. The molecule has 0 aromatic heterocycles. The SMILES string of the molecule is Cc1ccccc1C(C(=O)NC(C)C)N(C(=O)C(Cc1ccccc1)NC(=O)OC(C)(C)C)C(C)CCC(C)C. The summed E-state index contributed by atoms with van der Waals surface area (Å²) >= 11 is 0. The molecule has 0 saturated heterocycles. The summed E-state index contributed by atoms with van der Waals surface area (Å²) in [6.07, 6.45) is 1.19. The summed E-state index contributed by atoms with van der Waals surface area (Å²) in [5.41, 5.74) is 1.85. The molecule has 0 fully saturated rings. The Morgan fingerprint density at radius 1 is 0.850 bits per heavy atom. The van der Waals surface area contributed by atoms with Gasteiger partial charge in [-0.25, -0.2) is 4.79 Å². The molecule has 0 radical (unpaired) electrons. The molecule has 0 aliphatic rings. The third-order valence-corrected chi connectivity index (χ3v) is 6.60. The number of nitrogens with zero attached hydrogens (tertiary/aromatic N) is 1. The number of nitrogens with one attached hydrogen (secondary N) is 2. The first-order valence-corrected chi connectivity index (χ1v) is 14.4. The molecule has 40 heavy (non-hydrogen) atoms. The predicted octanol–water partition coefficient (Wildman–Crippen LogP) is 6.35. The van der Waals surface area contributed by atoms with Crippen LogP contribution in [0.1, 0.15) is 91.0 Å². The van der Waals surface area contributed by atoms with E-state index in [0.29, 0.717) is 12.3 Å². The number of hydrogen-bond acceptors (Lipinski definition) is 4. The maximum absolute atomic E-state index is 14.6. The third-order valence-electron chi connectivity index (χ3n) is 6.60. The van der Waals surface area contributed by atoms with Gasteiger partial charge in [0, 0.05) is 18.5 Å². The van der Waals surface area contributed by atoms with Crippen LogP contribution in [0.15, 0.2) is 54.6 Å². The Labute approximate surface area is 241 Å². The molecule has 0 aliphatic carbocycles. The van der Waals surface area contributed by atoms with Gasteiger partial charge in [-0.15, -0.1) is 0 Å². The van der Waals surface area contributed by atoms with Crippen molar-refractivity contribution in [1.82, 2.24) is 15.5 Å². The topological polar surface area (TPSA) is 87.7 Å². The third kappa shape index (κ3) is 10.3. The number of amides is 3. The number of hydrogen-bond donors (Lipinski definition) is 2. The van der Waals surface area contributed by atoms with Gasteiger partial charge >= 0.3 is 6.09 Å². The fourth-order valence-corrected chi connectivity index (χ4v) is 4.67. The molecular formula is C33H49N3O4. The zero-order valence-electron chi connectivity index (χ0n) is 25.8. The normalized spacial score (nSPS) is 13.9. The largest absolute Gasteiger partial charge is 0.444 e. The highest BCUT2D eigenvalue weighted by Crippen LogP contribution is 2.30. The molecule has 0 spiro atoms. The van der Waals surface area contributed by atoms with E-state index in [2.05, 4.69) is 24.5 Å². The van der Waals surface area contributed by atoms with Gasteiger partial charge in [0.25, 0.3) is 0 Å². The van der Waals surface area contributed by atoms with Crippen molar-refractivity contribution < 1.29 is 19.1 Å².